The molecule has 210 valence electrons. The fraction of sp³-hybridized carbons (Fsp3) is 0.310. The summed E-state index contributed by atoms with van der Waals surface area (Å²) in [4.78, 5) is 14.9. The number of carbonyl (C=O) groups is 1. The van der Waals surface area contributed by atoms with Crippen molar-refractivity contribution < 1.29 is 31.1 Å². The number of sulfone groups is 1. The summed E-state index contributed by atoms with van der Waals surface area (Å²) in [6, 6.07) is 19.9. The summed E-state index contributed by atoms with van der Waals surface area (Å²) in [6.45, 7) is 2.24. The van der Waals surface area contributed by atoms with Crippen molar-refractivity contribution in [3.63, 3.8) is 0 Å². The van der Waals surface area contributed by atoms with Gasteiger partial charge in [0, 0.05) is 30.3 Å². The Morgan fingerprint density at radius 2 is 1.70 bits per heavy atom. The quantitative estimate of drug-likeness (QED) is 0.371. The van der Waals surface area contributed by atoms with Crippen molar-refractivity contribution >= 4 is 21.4 Å². The molecule has 1 N–H and O–H groups in total. The number of benzene rings is 3. The first-order valence-electron chi connectivity index (χ1n) is 12.7. The molecule has 0 radical (unpaired) electrons. The van der Waals surface area contributed by atoms with Crippen molar-refractivity contribution in [2.24, 2.45) is 0 Å². The van der Waals surface area contributed by atoms with Gasteiger partial charge in [-0.1, -0.05) is 19.1 Å². The SMILES string of the molecule is CCS(=O)(=O)c1ccc(CNC(=O)c2ccc(N3C[C@H](Oc4ccc(C(F)(F)F)cc4)C[C@H]3CC#N)cc2)cc1. The zero-order valence-corrected chi connectivity index (χ0v) is 22.5. The second-order valence-electron chi connectivity index (χ2n) is 9.44. The summed E-state index contributed by atoms with van der Waals surface area (Å²) in [5.74, 6) is 0.0418. The van der Waals surface area contributed by atoms with Crippen LogP contribution in [0.2, 0.25) is 0 Å². The number of nitrogens with zero attached hydrogens (tertiary/aromatic N) is 2. The highest BCUT2D eigenvalue weighted by Gasteiger charge is 2.34. The van der Waals surface area contributed by atoms with Crippen LogP contribution in [0.25, 0.3) is 0 Å². The Bertz CT molecular complexity index is 1470. The number of hydrogen-bond acceptors (Lipinski definition) is 6. The molecule has 0 aliphatic carbocycles. The van der Waals surface area contributed by atoms with Crippen LogP contribution < -0.4 is 15.0 Å². The average Bonchev–Trinajstić information content (AvgIpc) is 3.34. The van der Waals surface area contributed by atoms with Crippen LogP contribution in [-0.4, -0.2) is 38.8 Å². The van der Waals surface area contributed by atoms with Crippen LogP contribution in [0.1, 0.15) is 41.3 Å². The van der Waals surface area contributed by atoms with Crippen molar-refractivity contribution in [3.05, 3.63) is 89.5 Å². The zero-order valence-electron chi connectivity index (χ0n) is 21.7. The lowest BCUT2D eigenvalue weighted by molar-refractivity contribution is -0.137. The molecule has 1 saturated heterocycles. The third-order valence-corrected chi connectivity index (χ3v) is 8.51. The van der Waals surface area contributed by atoms with Crippen molar-refractivity contribution in [3.8, 4) is 11.8 Å². The predicted octanol–water partition coefficient (Wildman–Crippen LogP) is 5.37. The number of amides is 1. The van der Waals surface area contributed by atoms with Gasteiger partial charge in [0.25, 0.3) is 5.91 Å². The first-order chi connectivity index (χ1) is 19.0. The van der Waals surface area contributed by atoms with Gasteiger partial charge in [-0.25, -0.2) is 8.42 Å². The Hall–Kier alpha value is -4.04. The fourth-order valence-electron chi connectivity index (χ4n) is 4.56. The molecule has 3 aromatic carbocycles. The lowest BCUT2D eigenvalue weighted by atomic mass is 10.1. The molecule has 1 heterocycles. The summed E-state index contributed by atoms with van der Waals surface area (Å²) in [5.41, 5.74) is 1.24. The predicted molar refractivity (Wildman–Crippen MR) is 144 cm³/mol. The van der Waals surface area contributed by atoms with Gasteiger partial charge in [-0.05, 0) is 66.2 Å². The number of carbonyl (C=O) groups excluding carboxylic acids is 1. The Balaban J connectivity index is 1.37. The van der Waals surface area contributed by atoms with E-state index in [1.165, 1.54) is 24.3 Å². The molecule has 0 aromatic heterocycles. The molecule has 0 unspecified atom stereocenters. The largest absolute Gasteiger partial charge is 0.489 e. The van der Waals surface area contributed by atoms with E-state index in [1.54, 1.807) is 43.3 Å². The van der Waals surface area contributed by atoms with E-state index in [-0.39, 0.29) is 41.7 Å². The highest BCUT2D eigenvalue weighted by atomic mass is 32.2. The summed E-state index contributed by atoms with van der Waals surface area (Å²) >= 11 is 0. The van der Waals surface area contributed by atoms with Crippen molar-refractivity contribution in [1.82, 2.24) is 5.32 Å². The van der Waals surface area contributed by atoms with Gasteiger partial charge in [0.2, 0.25) is 0 Å². The van der Waals surface area contributed by atoms with Crippen LogP contribution in [0.15, 0.2) is 77.7 Å². The minimum absolute atomic E-state index is 0.0145. The number of nitriles is 1. The fourth-order valence-corrected chi connectivity index (χ4v) is 5.44. The van der Waals surface area contributed by atoms with Gasteiger partial charge in [-0.2, -0.15) is 18.4 Å². The number of hydrogen-bond donors (Lipinski definition) is 1. The molecule has 1 aliphatic rings. The maximum absolute atomic E-state index is 12.8. The van der Waals surface area contributed by atoms with Crippen LogP contribution >= 0.6 is 0 Å². The molecule has 0 saturated carbocycles. The van der Waals surface area contributed by atoms with E-state index in [0.29, 0.717) is 24.3 Å². The van der Waals surface area contributed by atoms with Crippen LogP contribution in [0.3, 0.4) is 0 Å². The van der Waals surface area contributed by atoms with Crippen molar-refractivity contribution in [2.75, 3.05) is 17.2 Å². The van der Waals surface area contributed by atoms with E-state index in [9.17, 15) is 31.6 Å². The second-order valence-corrected chi connectivity index (χ2v) is 11.7. The maximum Gasteiger partial charge on any atom is 0.416 e. The normalized spacial score (nSPS) is 17.3. The molecule has 11 heteroatoms. The van der Waals surface area contributed by atoms with Crippen molar-refractivity contribution in [1.29, 1.82) is 5.26 Å². The summed E-state index contributed by atoms with van der Waals surface area (Å²) in [7, 11) is -3.29. The number of halogens is 3. The third-order valence-electron chi connectivity index (χ3n) is 6.76. The molecule has 1 amide bonds. The number of nitrogens with one attached hydrogen (secondary N) is 1. The molecule has 0 bridgehead atoms. The van der Waals surface area contributed by atoms with Gasteiger partial charge in [0.1, 0.15) is 11.9 Å². The minimum atomic E-state index is -4.42. The standard InChI is InChI=1S/C29H28F3N3O4S/c1-2-40(37,38)27-13-3-20(4-14-27)18-34-28(36)21-5-9-23(10-6-21)35-19-26(17-24(35)15-16-33)39-25-11-7-22(8-12-25)29(30,31)32/h3-14,24,26H,2,15,17-19H2,1H3,(H,34,36)/t24-,26-/m1/s1. The first kappa shape index (κ1) is 29.0. The average molecular weight is 572 g/mol. The highest BCUT2D eigenvalue weighted by Crippen LogP contribution is 2.33. The summed E-state index contributed by atoms with van der Waals surface area (Å²) < 4.78 is 68.3. The Labute approximate surface area is 231 Å². The molecule has 0 spiro atoms. The summed E-state index contributed by atoms with van der Waals surface area (Å²) in [5, 5.41) is 12.1. The maximum atomic E-state index is 12.8. The van der Waals surface area contributed by atoms with E-state index < -0.39 is 21.6 Å². The van der Waals surface area contributed by atoms with Crippen LogP contribution in [0.4, 0.5) is 18.9 Å². The molecule has 2 atom stereocenters. The van der Waals surface area contributed by atoms with Crippen molar-refractivity contribution in [2.45, 2.75) is 49.5 Å². The monoisotopic (exact) mass is 571 g/mol. The van der Waals surface area contributed by atoms with Gasteiger partial charge in [0.15, 0.2) is 9.84 Å². The van der Waals surface area contributed by atoms with E-state index >= 15 is 0 Å². The van der Waals surface area contributed by atoms with Crippen LogP contribution in [0.5, 0.6) is 5.75 Å². The van der Waals surface area contributed by atoms with Crippen LogP contribution in [0, 0.1) is 11.3 Å². The molecule has 1 aliphatic heterocycles. The van der Waals surface area contributed by atoms with Gasteiger partial charge in [-0.15, -0.1) is 0 Å². The smallest absolute Gasteiger partial charge is 0.416 e. The van der Waals surface area contributed by atoms with E-state index in [4.69, 9.17) is 4.74 Å². The molecule has 40 heavy (non-hydrogen) atoms. The number of rotatable bonds is 9. The zero-order chi connectivity index (χ0) is 28.9. The number of anilines is 1. The third kappa shape index (κ3) is 6.93. The van der Waals surface area contributed by atoms with E-state index in [1.807, 2.05) is 4.90 Å². The lowest BCUT2D eigenvalue weighted by Crippen LogP contribution is -2.30. The number of ether oxygens (including phenoxy) is 1. The molecule has 3 aromatic rings. The van der Waals surface area contributed by atoms with Gasteiger partial charge >= 0.3 is 6.18 Å². The van der Waals surface area contributed by atoms with E-state index in [2.05, 4.69) is 11.4 Å². The molecule has 1 fully saturated rings. The van der Waals surface area contributed by atoms with E-state index in [0.717, 1.165) is 23.4 Å². The number of alkyl halides is 3. The molecular formula is C29H28F3N3O4S. The van der Waals surface area contributed by atoms with Gasteiger partial charge in [-0.3, -0.25) is 4.79 Å². The first-order valence-corrected chi connectivity index (χ1v) is 14.3. The van der Waals surface area contributed by atoms with Gasteiger partial charge < -0.3 is 15.0 Å². The second kappa shape index (κ2) is 12.0. The minimum Gasteiger partial charge on any atom is -0.489 e. The highest BCUT2D eigenvalue weighted by molar-refractivity contribution is 7.91. The molecule has 7 nitrogen and oxygen atoms in total. The van der Waals surface area contributed by atoms with Gasteiger partial charge in [0.05, 0.1) is 35.2 Å². The lowest BCUT2D eigenvalue weighted by Gasteiger charge is -2.25. The Morgan fingerprint density at radius 1 is 1.05 bits per heavy atom. The Morgan fingerprint density at radius 3 is 2.27 bits per heavy atom. The Kier molecular flexibility index (Phi) is 8.69. The molecule has 4 rings (SSSR count). The molecular weight excluding hydrogens is 543 g/mol. The summed E-state index contributed by atoms with van der Waals surface area (Å²) in [6.07, 6.45) is -3.98. The topological polar surface area (TPSA) is 99.5 Å². The van der Waals surface area contributed by atoms with Crippen LogP contribution in [-0.2, 0) is 22.6 Å².